The third-order valence-corrected chi connectivity index (χ3v) is 2.42. The molecule has 21 heavy (non-hydrogen) atoms. The number of ketones is 1. The van der Waals surface area contributed by atoms with E-state index in [0.29, 0.717) is 0 Å². The fourth-order valence-electron chi connectivity index (χ4n) is 1.55. The minimum atomic E-state index is 0. The van der Waals surface area contributed by atoms with Crippen LogP contribution in [0.1, 0.15) is 5.56 Å². The van der Waals surface area contributed by atoms with E-state index in [1.165, 1.54) is 5.01 Å². The molecular weight excluding hydrogens is 276 g/mol. The molecule has 1 aromatic rings. The monoisotopic (exact) mass is 296 g/mol. The van der Waals surface area contributed by atoms with E-state index in [0.717, 1.165) is 22.6 Å². The minimum Gasteiger partial charge on any atom is -0.454 e. The molecule has 0 bridgehead atoms. The Kier molecular flexibility index (Phi) is 7.32. The van der Waals surface area contributed by atoms with Gasteiger partial charge >= 0.3 is 0 Å². The molecule has 7 nitrogen and oxygen atoms in total. The maximum atomic E-state index is 11.1. The number of nitrogens with zero attached hydrogens (tertiary/aromatic N) is 1. The lowest BCUT2D eigenvalue weighted by molar-refractivity contribution is -0.111. The summed E-state index contributed by atoms with van der Waals surface area (Å²) in [5, 5.41) is 1.50. The highest BCUT2D eigenvalue weighted by atomic mass is 16.7. The highest BCUT2D eigenvalue weighted by Gasteiger charge is 2.14. The van der Waals surface area contributed by atoms with E-state index in [2.05, 4.69) is 0 Å². The number of allylic oxidation sites excluding steroid dienone is 3. The van der Waals surface area contributed by atoms with Crippen LogP contribution in [0.2, 0.25) is 0 Å². The molecular formula is C14H20N2O5. The number of hydrazine groups is 1. The standard InChI is InChI=1S/C12H8O3.C2H8N2.2H2O/c13-10-3-2-9(10)5-8-1-4-11-12(6-8)15-7-14-11;1-4(2)3;;/h1-6H,7H2;3H2,1-2H3;2*1H2. The van der Waals surface area contributed by atoms with Crippen molar-refractivity contribution in [3.05, 3.63) is 41.5 Å². The molecule has 0 saturated carbocycles. The van der Waals surface area contributed by atoms with Crippen LogP contribution in [0.4, 0.5) is 0 Å². The summed E-state index contributed by atoms with van der Waals surface area (Å²) in [5.74, 6) is 6.51. The van der Waals surface area contributed by atoms with Crippen molar-refractivity contribution in [2.24, 2.45) is 5.84 Å². The first-order valence-corrected chi connectivity index (χ1v) is 5.82. The highest BCUT2D eigenvalue weighted by molar-refractivity contribution is 6.16. The fourth-order valence-corrected chi connectivity index (χ4v) is 1.55. The zero-order valence-electron chi connectivity index (χ0n) is 11.9. The third-order valence-electron chi connectivity index (χ3n) is 2.42. The highest BCUT2D eigenvalue weighted by Crippen LogP contribution is 2.33. The van der Waals surface area contributed by atoms with Crippen LogP contribution >= 0.6 is 0 Å². The number of ether oxygens (including phenoxy) is 2. The number of rotatable bonds is 1. The molecule has 1 heterocycles. The van der Waals surface area contributed by atoms with Crippen LogP contribution in [-0.2, 0) is 4.79 Å². The average molecular weight is 296 g/mol. The van der Waals surface area contributed by atoms with E-state index >= 15 is 0 Å². The van der Waals surface area contributed by atoms with E-state index in [-0.39, 0.29) is 23.5 Å². The lowest BCUT2D eigenvalue weighted by Gasteiger charge is -2.05. The van der Waals surface area contributed by atoms with Crippen LogP contribution in [0.15, 0.2) is 35.9 Å². The van der Waals surface area contributed by atoms with Gasteiger partial charge in [-0.2, -0.15) is 0 Å². The fraction of sp³-hybridized carbons (Fsp3) is 0.214. The first-order chi connectivity index (χ1) is 9.06. The molecule has 0 aromatic heterocycles. The molecule has 0 amide bonds. The first kappa shape index (κ1) is 18.8. The van der Waals surface area contributed by atoms with Crippen LogP contribution in [0.25, 0.3) is 6.08 Å². The second-order valence-corrected chi connectivity index (χ2v) is 4.37. The van der Waals surface area contributed by atoms with Gasteiger partial charge in [0.1, 0.15) is 0 Å². The van der Waals surface area contributed by atoms with Crippen LogP contribution in [0, 0.1) is 0 Å². The number of benzene rings is 1. The van der Waals surface area contributed by atoms with Crippen molar-refractivity contribution in [1.29, 1.82) is 0 Å². The number of fused-ring (bicyclic) bond motifs is 1. The number of hydrogen-bond donors (Lipinski definition) is 1. The van der Waals surface area contributed by atoms with E-state index < -0.39 is 0 Å². The van der Waals surface area contributed by atoms with E-state index in [9.17, 15) is 4.79 Å². The van der Waals surface area contributed by atoms with Crippen molar-refractivity contribution in [2.75, 3.05) is 20.9 Å². The smallest absolute Gasteiger partial charge is 0.231 e. The predicted molar refractivity (Wildman–Crippen MR) is 79.8 cm³/mol. The summed E-state index contributed by atoms with van der Waals surface area (Å²) in [4.78, 5) is 11.1. The SMILES string of the molecule is CN(C)N.O.O.O=C1C=CC1=Cc1ccc2c(c1)OCO2. The van der Waals surface area contributed by atoms with Crippen LogP contribution in [0.5, 0.6) is 11.5 Å². The number of hydrogen-bond acceptors (Lipinski definition) is 5. The summed E-state index contributed by atoms with van der Waals surface area (Å²) < 4.78 is 10.4. The topological polar surface area (TPSA) is 128 Å². The molecule has 1 aromatic carbocycles. The summed E-state index contributed by atoms with van der Waals surface area (Å²) >= 11 is 0. The Labute approximate surface area is 122 Å². The quantitative estimate of drug-likeness (QED) is 0.432. The van der Waals surface area contributed by atoms with Crippen molar-refractivity contribution in [1.82, 2.24) is 5.01 Å². The van der Waals surface area contributed by atoms with E-state index in [1.54, 1.807) is 26.2 Å². The Balaban J connectivity index is 0.000000602. The van der Waals surface area contributed by atoms with Gasteiger partial charge in [-0.1, -0.05) is 6.07 Å². The van der Waals surface area contributed by atoms with Crippen molar-refractivity contribution in [3.8, 4) is 11.5 Å². The minimum absolute atomic E-state index is 0. The molecule has 1 aliphatic heterocycles. The Hall–Kier alpha value is -2.19. The van der Waals surface area contributed by atoms with E-state index in [1.807, 2.05) is 24.3 Å². The second-order valence-electron chi connectivity index (χ2n) is 4.37. The summed E-state index contributed by atoms with van der Waals surface area (Å²) in [5.41, 5.74) is 1.68. The molecule has 7 heteroatoms. The van der Waals surface area contributed by atoms with Gasteiger partial charge in [0.15, 0.2) is 17.3 Å². The van der Waals surface area contributed by atoms with Gasteiger partial charge in [0.2, 0.25) is 6.79 Å². The van der Waals surface area contributed by atoms with Gasteiger partial charge in [0.05, 0.1) is 0 Å². The molecule has 6 N–H and O–H groups in total. The van der Waals surface area contributed by atoms with Gasteiger partial charge in [-0.3, -0.25) is 15.6 Å². The van der Waals surface area contributed by atoms with Crippen LogP contribution < -0.4 is 15.3 Å². The maximum Gasteiger partial charge on any atom is 0.231 e. The number of carbonyl (C=O) groups is 1. The Bertz CT molecular complexity index is 550. The van der Waals surface area contributed by atoms with Crippen molar-refractivity contribution in [2.45, 2.75) is 0 Å². The number of nitrogens with two attached hydrogens (primary N) is 1. The van der Waals surface area contributed by atoms with Gasteiger partial charge in [-0.15, -0.1) is 0 Å². The van der Waals surface area contributed by atoms with Gasteiger partial charge in [-0.05, 0) is 35.9 Å². The average Bonchev–Trinajstić information content (AvgIpc) is 2.80. The summed E-state index contributed by atoms with van der Waals surface area (Å²) in [6.45, 7) is 0.272. The van der Waals surface area contributed by atoms with Gasteiger partial charge in [0.25, 0.3) is 0 Å². The second kappa shape index (κ2) is 8.18. The summed E-state index contributed by atoms with van der Waals surface area (Å²) in [6, 6.07) is 5.62. The molecule has 0 spiro atoms. The molecule has 0 fully saturated rings. The largest absolute Gasteiger partial charge is 0.454 e. The zero-order chi connectivity index (χ0) is 13.8. The molecule has 1 aliphatic carbocycles. The van der Waals surface area contributed by atoms with Gasteiger partial charge in [-0.25, -0.2) is 0 Å². The normalized spacial score (nSPS) is 15.6. The molecule has 2 aliphatic rings. The van der Waals surface area contributed by atoms with Crippen molar-refractivity contribution >= 4 is 11.9 Å². The van der Waals surface area contributed by atoms with Crippen molar-refractivity contribution in [3.63, 3.8) is 0 Å². The van der Waals surface area contributed by atoms with Crippen molar-refractivity contribution < 1.29 is 25.2 Å². The van der Waals surface area contributed by atoms with Gasteiger partial charge in [0, 0.05) is 19.7 Å². The lowest BCUT2D eigenvalue weighted by Crippen LogP contribution is -2.18. The Morgan fingerprint density at radius 1 is 1.14 bits per heavy atom. The Morgan fingerprint density at radius 2 is 1.76 bits per heavy atom. The molecule has 0 unspecified atom stereocenters. The lowest BCUT2D eigenvalue weighted by atomic mass is 9.98. The third kappa shape index (κ3) is 5.01. The van der Waals surface area contributed by atoms with Gasteiger partial charge < -0.3 is 20.4 Å². The summed E-state index contributed by atoms with van der Waals surface area (Å²) in [7, 11) is 3.56. The number of carbonyl (C=O) groups excluding carboxylic acids is 1. The maximum absolute atomic E-state index is 11.1. The first-order valence-electron chi connectivity index (χ1n) is 5.82. The zero-order valence-corrected chi connectivity index (χ0v) is 11.9. The molecule has 3 rings (SSSR count). The molecule has 0 saturated heterocycles. The summed E-state index contributed by atoms with van der Waals surface area (Å²) in [6.07, 6.45) is 5.19. The Morgan fingerprint density at radius 3 is 2.29 bits per heavy atom. The van der Waals surface area contributed by atoms with Crippen LogP contribution in [0.3, 0.4) is 0 Å². The molecule has 0 radical (unpaired) electrons. The predicted octanol–water partition coefficient (Wildman–Crippen LogP) is -0.290. The van der Waals surface area contributed by atoms with Crippen LogP contribution in [-0.4, -0.2) is 42.6 Å². The molecule has 116 valence electrons. The molecule has 0 atom stereocenters. The van der Waals surface area contributed by atoms with E-state index in [4.69, 9.17) is 15.3 Å².